The number of aliphatic carboxylic acids is 1. The van der Waals surface area contributed by atoms with Crippen LogP contribution in [-0.2, 0) is 4.79 Å². The van der Waals surface area contributed by atoms with Crippen molar-refractivity contribution >= 4 is 28.1 Å². The molecule has 0 aromatic carbocycles. The Labute approximate surface area is 72.8 Å². The fourth-order valence-corrected chi connectivity index (χ4v) is 0. The molecule has 0 aliphatic rings. The molecule has 0 aromatic heterocycles. The average molecular weight is 231 g/mol. The molecule has 0 saturated carbocycles. The molecule has 0 radical (unpaired) electrons. The first-order valence-electron chi connectivity index (χ1n) is 2.55. The third-order valence-electron chi connectivity index (χ3n) is 0. The maximum absolute atomic E-state index is 9.00. The normalized spacial score (nSPS) is 6.09. The predicted molar refractivity (Wildman–Crippen MR) is 43.4 cm³/mol. The molecule has 68 valence electrons. The smallest absolute Gasteiger partial charge is 0.481 e. The van der Waals surface area contributed by atoms with Crippen molar-refractivity contribution in [3.05, 3.63) is 0 Å². The summed E-state index contributed by atoms with van der Waals surface area (Å²) in [5, 5.41) is 22.4. The molecule has 0 fully saturated rings. The van der Waals surface area contributed by atoms with Gasteiger partial charge < -0.3 is 15.3 Å². The van der Waals surface area contributed by atoms with Crippen molar-refractivity contribution in [1.29, 1.82) is 0 Å². The first kappa shape index (κ1) is 16.7. The Kier molecular flexibility index (Phi) is 24.4. The van der Waals surface area contributed by atoms with Crippen molar-refractivity contribution in [2.24, 2.45) is 0 Å². The van der Waals surface area contributed by atoms with Crippen molar-refractivity contribution < 1.29 is 24.9 Å². The predicted octanol–water partition coefficient (Wildman–Crippen LogP) is 1.71. The average Bonchev–Trinajstić information content (AvgIpc) is 1.60. The molecular weight excluding hydrogens is 220 g/mol. The van der Waals surface area contributed by atoms with Crippen molar-refractivity contribution in [3.63, 3.8) is 0 Å². The second-order valence-corrected chi connectivity index (χ2v) is 2.19. The van der Waals surface area contributed by atoms with E-state index in [4.69, 9.17) is 24.9 Å². The van der Waals surface area contributed by atoms with E-state index in [-0.39, 0.29) is 0 Å². The van der Waals surface area contributed by atoms with Gasteiger partial charge in [0.05, 0.1) is 0 Å². The van der Waals surface area contributed by atoms with Crippen molar-refractivity contribution in [3.8, 4) is 0 Å². The first-order chi connectivity index (χ1) is 4.88. The Morgan fingerprint density at radius 3 is 1.27 bits per heavy atom. The molecule has 5 nitrogen and oxygen atoms in total. The van der Waals surface area contributed by atoms with Crippen LogP contribution in [-0.4, -0.2) is 32.8 Å². The van der Waals surface area contributed by atoms with Crippen LogP contribution in [0.3, 0.4) is 0 Å². The summed E-state index contributed by atoms with van der Waals surface area (Å²) < 4.78 is 0. The van der Waals surface area contributed by atoms with Crippen molar-refractivity contribution in [2.45, 2.75) is 13.8 Å². The van der Waals surface area contributed by atoms with Crippen LogP contribution in [0.2, 0.25) is 0 Å². The standard InChI is InChI=1S/C2H5Br.C2H4O2.CH2O3/c1-2-3;1-2(3)4;2-1(3)4/h2H2,1H3;1H3,(H,3,4);(H2,2,3,4). The minimum absolute atomic E-state index is 0.833. The van der Waals surface area contributed by atoms with E-state index in [0.29, 0.717) is 0 Å². The van der Waals surface area contributed by atoms with E-state index in [1.807, 2.05) is 6.92 Å². The topological polar surface area (TPSA) is 94.8 Å². The number of carboxylic acid groups (broad SMARTS) is 3. The lowest BCUT2D eigenvalue weighted by atomic mass is 10.9. The molecule has 0 aliphatic carbocycles. The van der Waals surface area contributed by atoms with Crippen LogP contribution in [0.4, 0.5) is 4.79 Å². The van der Waals surface area contributed by atoms with Gasteiger partial charge in [-0.3, -0.25) is 4.79 Å². The van der Waals surface area contributed by atoms with E-state index in [2.05, 4.69) is 15.9 Å². The molecule has 0 unspecified atom stereocenters. The fourth-order valence-electron chi connectivity index (χ4n) is 0. The molecule has 0 heterocycles. The Bertz CT molecular complexity index is 83.0. The lowest BCUT2D eigenvalue weighted by Crippen LogP contribution is -1.81. The monoisotopic (exact) mass is 230 g/mol. The second-order valence-electron chi connectivity index (χ2n) is 1.07. The summed E-state index contributed by atoms with van der Waals surface area (Å²) in [4.78, 5) is 17.6. The third kappa shape index (κ3) is 790. The van der Waals surface area contributed by atoms with Gasteiger partial charge in [-0.05, 0) is 0 Å². The molecule has 3 N–H and O–H groups in total. The number of carboxylic acids is 1. The van der Waals surface area contributed by atoms with E-state index < -0.39 is 12.1 Å². The van der Waals surface area contributed by atoms with Gasteiger partial charge in [0.1, 0.15) is 0 Å². The maximum Gasteiger partial charge on any atom is 0.503 e. The summed E-state index contributed by atoms with van der Waals surface area (Å²) in [6, 6.07) is 0. The van der Waals surface area contributed by atoms with Gasteiger partial charge >= 0.3 is 6.16 Å². The molecule has 0 aromatic rings. The van der Waals surface area contributed by atoms with E-state index in [9.17, 15) is 0 Å². The fraction of sp³-hybridized carbons (Fsp3) is 0.600. The largest absolute Gasteiger partial charge is 0.503 e. The number of alkyl halides is 1. The van der Waals surface area contributed by atoms with Gasteiger partial charge in [-0.15, -0.1) is 0 Å². The lowest BCUT2D eigenvalue weighted by Gasteiger charge is -1.60. The summed E-state index contributed by atoms with van der Waals surface area (Å²) >= 11 is 3.15. The number of halogens is 1. The molecule has 11 heavy (non-hydrogen) atoms. The van der Waals surface area contributed by atoms with Crippen LogP contribution in [0.1, 0.15) is 13.8 Å². The summed E-state index contributed by atoms with van der Waals surface area (Å²) in [5.41, 5.74) is 0. The highest BCUT2D eigenvalue weighted by molar-refractivity contribution is 9.09. The van der Waals surface area contributed by atoms with Gasteiger partial charge in [0.2, 0.25) is 0 Å². The van der Waals surface area contributed by atoms with Crippen LogP contribution >= 0.6 is 15.9 Å². The van der Waals surface area contributed by atoms with Gasteiger partial charge in [0.25, 0.3) is 5.97 Å². The number of hydrogen-bond donors (Lipinski definition) is 3. The lowest BCUT2D eigenvalue weighted by molar-refractivity contribution is -0.134. The highest BCUT2D eigenvalue weighted by Crippen LogP contribution is 1.67. The quantitative estimate of drug-likeness (QED) is 0.551. The highest BCUT2D eigenvalue weighted by atomic mass is 79.9. The Morgan fingerprint density at radius 1 is 1.27 bits per heavy atom. The molecule has 0 rings (SSSR count). The van der Waals surface area contributed by atoms with Gasteiger partial charge in [-0.25, -0.2) is 4.79 Å². The number of hydrogen-bond acceptors (Lipinski definition) is 2. The van der Waals surface area contributed by atoms with Crippen LogP contribution in [0.5, 0.6) is 0 Å². The molecule has 0 atom stereocenters. The number of rotatable bonds is 0. The van der Waals surface area contributed by atoms with Crippen LogP contribution < -0.4 is 0 Å². The second kappa shape index (κ2) is 16.1. The molecular formula is C5H11BrO5. The SMILES string of the molecule is CC(=O)O.CCBr.O=C(O)O. The van der Waals surface area contributed by atoms with E-state index in [1.54, 1.807) is 0 Å². The van der Waals surface area contributed by atoms with Gasteiger partial charge in [-0.2, -0.15) is 0 Å². The first-order valence-corrected chi connectivity index (χ1v) is 3.67. The summed E-state index contributed by atoms with van der Waals surface area (Å²) in [6.07, 6.45) is -1.83. The zero-order chi connectivity index (χ0) is 9.86. The summed E-state index contributed by atoms with van der Waals surface area (Å²) in [6.45, 7) is 3.12. The highest BCUT2D eigenvalue weighted by Gasteiger charge is 1.70. The molecule has 0 saturated heterocycles. The molecule has 0 bridgehead atoms. The van der Waals surface area contributed by atoms with E-state index in [1.165, 1.54) is 0 Å². The van der Waals surface area contributed by atoms with Gasteiger partial charge in [0, 0.05) is 12.3 Å². The summed E-state index contributed by atoms with van der Waals surface area (Å²) in [5.74, 6) is -0.833. The Morgan fingerprint density at radius 2 is 1.27 bits per heavy atom. The summed E-state index contributed by atoms with van der Waals surface area (Å²) in [7, 11) is 0. The molecule has 0 spiro atoms. The molecule has 6 heteroatoms. The zero-order valence-electron chi connectivity index (χ0n) is 6.24. The van der Waals surface area contributed by atoms with Crippen molar-refractivity contribution in [1.82, 2.24) is 0 Å². The van der Waals surface area contributed by atoms with Crippen molar-refractivity contribution in [2.75, 3.05) is 5.33 Å². The van der Waals surface area contributed by atoms with Gasteiger partial charge in [0.15, 0.2) is 0 Å². The van der Waals surface area contributed by atoms with Crippen LogP contribution in [0.25, 0.3) is 0 Å². The minimum atomic E-state index is -1.83. The maximum atomic E-state index is 9.00. The number of carbonyl (C=O) groups is 2. The Hall–Kier alpha value is -0.780. The third-order valence-corrected chi connectivity index (χ3v) is 0. The van der Waals surface area contributed by atoms with E-state index >= 15 is 0 Å². The van der Waals surface area contributed by atoms with Crippen LogP contribution in [0.15, 0.2) is 0 Å². The van der Waals surface area contributed by atoms with E-state index in [0.717, 1.165) is 12.3 Å². The molecule has 0 amide bonds. The minimum Gasteiger partial charge on any atom is -0.481 e. The zero-order valence-corrected chi connectivity index (χ0v) is 7.83. The Balaban J connectivity index is -0.0000000886. The van der Waals surface area contributed by atoms with Gasteiger partial charge in [-0.1, -0.05) is 22.9 Å². The molecule has 0 aliphatic heterocycles. The van der Waals surface area contributed by atoms with Crippen LogP contribution in [0, 0.1) is 0 Å².